The topological polar surface area (TPSA) is 62.6 Å². The highest BCUT2D eigenvalue weighted by Crippen LogP contribution is 2.14. The summed E-state index contributed by atoms with van der Waals surface area (Å²) in [4.78, 5) is 23.6. The standard InChI is InChI=1S/C16H17F2N5O/c17-12-2-3-14(13(18)10-12)21-15(24)11-22-6-8-23(9-7-22)16-19-4-1-5-20-16/h1-5,10H,6-9,11H2,(H,21,24)/p+1. The minimum absolute atomic E-state index is 0.00267. The number of halogens is 2. The predicted molar refractivity (Wildman–Crippen MR) is 84.8 cm³/mol. The summed E-state index contributed by atoms with van der Waals surface area (Å²) < 4.78 is 26.4. The Hall–Kier alpha value is -2.61. The van der Waals surface area contributed by atoms with Crippen molar-refractivity contribution in [2.24, 2.45) is 0 Å². The molecule has 0 radical (unpaired) electrons. The highest BCUT2D eigenvalue weighted by molar-refractivity contribution is 5.91. The lowest BCUT2D eigenvalue weighted by Gasteiger charge is -2.31. The summed E-state index contributed by atoms with van der Waals surface area (Å²) in [7, 11) is 0. The van der Waals surface area contributed by atoms with E-state index in [1.807, 2.05) is 0 Å². The Labute approximate surface area is 138 Å². The van der Waals surface area contributed by atoms with E-state index >= 15 is 0 Å². The molecule has 1 fully saturated rings. The fraction of sp³-hybridized carbons (Fsp3) is 0.312. The van der Waals surface area contributed by atoms with Crippen molar-refractivity contribution < 1.29 is 18.5 Å². The molecule has 1 aromatic carbocycles. The van der Waals surface area contributed by atoms with Crippen LogP contribution in [-0.4, -0.2) is 48.6 Å². The Morgan fingerprint density at radius 2 is 1.92 bits per heavy atom. The third-order valence-electron chi connectivity index (χ3n) is 3.92. The number of nitrogens with zero attached hydrogens (tertiary/aromatic N) is 3. The van der Waals surface area contributed by atoms with E-state index in [4.69, 9.17) is 0 Å². The summed E-state index contributed by atoms with van der Waals surface area (Å²) >= 11 is 0. The molecular formula is C16H18F2N5O+. The van der Waals surface area contributed by atoms with Crippen LogP contribution in [0.5, 0.6) is 0 Å². The van der Waals surface area contributed by atoms with Gasteiger partial charge in [-0.05, 0) is 18.2 Å². The second-order valence-corrected chi connectivity index (χ2v) is 5.63. The maximum absolute atomic E-state index is 13.5. The number of rotatable bonds is 4. The second kappa shape index (κ2) is 7.31. The van der Waals surface area contributed by atoms with Crippen molar-refractivity contribution in [3.05, 3.63) is 48.3 Å². The van der Waals surface area contributed by atoms with E-state index in [0.717, 1.165) is 43.2 Å². The molecule has 1 aliphatic rings. The minimum Gasteiger partial charge on any atom is -0.330 e. The molecule has 24 heavy (non-hydrogen) atoms. The van der Waals surface area contributed by atoms with Crippen molar-refractivity contribution in [3.63, 3.8) is 0 Å². The SMILES string of the molecule is O=C(C[NH+]1CCN(c2ncccn2)CC1)Nc1ccc(F)cc1F. The molecule has 0 unspecified atom stereocenters. The van der Waals surface area contributed by atoms with Crippen LogP contribution in [0.4, 0.5) is 20.4 Å². The van der Waals surface area contributed by atoms with E-state index in [9.17, 15) is 13.6 Å². The van der Waals surface area contributed by atoms with Gasteiger partial charge in [-0.3, -0.25) is 4.79 Å². The van der Waals surface area contributed by atoms with Crippen molar-refractivity contribution in [2.45, 2.75) is 0 Å². The fourth-order valence-corrected chi connectivity index (χ4v) is 2.67. The van der Waals surface area contributed by atoms with Gasteiger partial charge in [-0.1, -0.05) is 0 Å². The first-order valence-corrected chi connectivity index (χ1v) is 7.72. The highest BCUT2D eigenvalue weighted by atomic mass is 19.1. The molecule has 1 aromatic heterocycles. The second-order valence-electron chi connectivity index (χ2n) is 5.63. The van der Waals surface area contributed by atoms with Gasteiger partial charge in [-0.2, -0.15) is 0 Å². The van der Waals surface area contributed by atoms with Crippen LogP contribution < -0.4 is 15.1 Å². The monoisotopic (exact) mass is 334 g/mol. The number of amides is 1. The molecule has 1 saturated heterocycles. The summed E-state index contributed by atoms with van der Waals surface area (Å²) in [6.07, 6.45) is 3.40. The van der Waals surface area contributed by atoms with Gasteiger partial charge in [-0.15, -0.1) is 0 Å². The number of hydrogen-bond acceptors (Lipinski definition) is 4. The number of quaternary nitrogens is 1. The molecule has 0 aliphatic carbocycles. The molecule has 2 heterocycles. The van der Waals surface area contributed by atoms with Crippen LogP contribution in [0, 0.1) is 11.6 Å². The molecule has 0 saturated carbocycles. The molecule has 126 valence electrons. The highest BCUT2D eigenvalue weighted by Gasteiger charge is 2.23. The maximum Gasteiger partial charge on any atom is 0.279 e. The summed E-state index contributed by atoms with van der Waals surface area (Å²) in [5, 5.41) is 2.49. The molecule has 0 spiro atoms. The fourth-order valence-electron chi connectivity index (χ4n) is 2.67. The number of piperazine rings is 1. The van der Waals surface area contributed by atoms with Crippen LogP contribution in [0.15, 0.2) is 36.7 Å². The van der Waals surface area contributed by atoms with Crippen molar-refractivity contribution in [1.82, 2.24) is 9.97 Å². The van der Waals surface area contributed by atoms with Crippen LogP contribution in [0.3, 0.4) is 0 Å². The Kier molecular flexibility index (Phi) is 4.95. The van der Waals surface area contributed by atoms with Gasteiger partial charge in [0.15, 0.2) is 6.54 Å². The molecule has 2 N–H and O–H groups in total. The van der Waals surface area contributed by atoms with Gasteiger partial charge in [0.2, 0.25) is 5.95 Å². The Bertz CT molecular complexity index is 705. The number of carbonyl (C=O) groups is 1. The molecule has 0 atom stereocenters. The van der Waals surface area contributed by atoms with E-state index in [0.29, 0.717) is 5.95 Å². The lowest BCUT2D eigenvalue weighted by molar-refractivity contribution is -0.892. The molecule has 3 rings (SSSR count). The van der Waals surface area contributed by atoms with Crippen molar-refractivity contribution >= 4 is 17.5 Å². The molecule has 0 bridgehead atoms. The van der Waals surface area contributed by atoms with Gasteiger partial charge in [0, 0.05) is 18.5 Å². The average Bonchev–Trinajstić information content (AvgIpc) is 2.59. The zero-order valence-electron chi connectivity index (χ0n) is 13.0. The van der Waals surface area contributed by atoms with Crippen molar-refractivity contribution in [2.75, 3.05) is 42.9 Å². The van der Waals surface area contributed by atoms with Gasteiger partial charge < -0.3 is 15.1 Å². The number of benzene rings is 1. The number of carbonyl (C=O) groups excluding carboxylic acids is 1. The van der Waals surface area contributed by atoms with Crippen LogP contribution in [0.25, 0.3) is 0 Å². The van der Waals surface area contributed by atoms with Crippen LogP contribution in [0.1, 0.15) is 0 Å². The number of hydrogen-bond donors (Lipinski definition) is 2. The molecular weight excluding hydrogens is 316 g/mol. The lowest BCUT2D eigenvalue weighted by Crippen LogP contribution is -3.15. The van der Waals surface area contributed by atoms with Gasteiger partial charge >= 0.3 is 0 Å². The first-order chi connectivity index (χ1) is 11.6. The third kappa shape index (κ3) is 4.02. The zero-order chi connectivity index (χ0) is 16.9. The summed E-state index contributed by atoms with van der Waals surface area (Å²) in [5.41, 5.74) is -0.00267. The Morgan fingerprint density at radius 1 is 1.21 bits per heavy atom. The van der Waals surface area contributed by atoms with E-state index in [1.165, 1.54) is 6.07 Å². The third-order valence-corrected chi connectivity index (χ3v) is 3.92. The lowest BCUT2D eigenvalue weighted by atomic mass is 10.3. The average molecular weight is 334 g/mol. The van der Waals surface area contributed by atoms with Gasteiger partial charge in [0.25, 0.3) is 5.91 Å². The number of aromatic nitrogens is 2. The summed E-state index contributed by atoms with van der Waals surface area (Å²) in [5.74, 6) is -1.05. The van der Waals surface area contributed by atoms with Crippen LogP contribution in [-0.2, 0) is 4.79 Å². The van der Waals surface area contributed by atoms with Crippen LogP contribution in [0.2, 0.25) is 0 Å². The van der Waals surface area contributed by atoms with Gasteiger partial charge in [0.1, 0.15) is 11.6 Å². The molecule has 2 aromatic rings. The predicted octanol–water partition coefficient (Wildman–Crippen LogP) is 0.0984. The van der Waals surface area contributed by atoms with E-state index in [-0.39, 0.29) is 18.1 Å². The van der Waals surface area contributed by atoms with E-state index in [1.54, 1.807) is 18.5 Å². The first-order valence-electron chi connectivity index (χ1n) is 7.72. The van der Waals surface area contributed by atoms with Crippen molar-refractivity contribution in [1.29, 1.82) is 0 Å². The maximum atomic E-state index is 13.5. The van der Waals surface area contributed by atoms with E-state index < -0.39 is 11.6 Å². The quantitative estimate of drug-likeness (QED) is 0.832. The van der Waals surface area contributed by atoms with Gasteiger partial charge in [-0.25, -0.2) is 18.7 Å². The van der Waals surface area contributed by atoms with E-state index in [2.05, 4.69) is 20.2 Å². The first kappa shape index (κ1) is 16.3. The summed E-state index contributed by atoms with van der Waals surface area (Å²) in [6, 6.07) is 4.86. The normalized spacial score (nSPS) is 15.3. The zero-order valence-corrected chi connectivity index (χ0v) is 13.0. The molecule has 1 amide bonds. The molecule has 1 aliphatic heterocycles. The van der Waals surface area contributed by atoms with Gasteiger partial charge in [0.05, 0.1) is 31.9 Å². The Balaban J connectivity index is 1.50. The van der Waals surface area contributed by atoms with Crippen LogP contribution >= 0.6 is 0 Å². The number of anilines is 2. The van der Waals surface area contributed by atoms with Crippen molar-refractivity contribution in [3.8, 4) is 0 Å². The smallest absolute Gasteiger partial charge is 0.279 e. The number of nitrogens with one attached hydrogen (secondary N) is 2. The minimum atomic E-state index is -0.774. The molecule has 6 nitrogen and oxygen atoms in total. The molecule has 8 heteroatoms. The Morgan fingerprint density at radius 3 is 2.58 bits per heavy atom. The largest absolute Gasteiger partial charge is 0.330 e. The summed E-state index contributed by atoms with van der Waals surface area (Å²) in [6.45, 7) is 3.25.